The second kappa shape index (κ2) is 6.95. The first-order valence-electron chi connectivity index (χ1n) is 6.38. The second-order valence-electron chi connectivity index (χ2n) is 5.86. The first-order chi connectivity index (χ1) is 8.33. The Labute approximate surface area is 121 Å². The zero-order valence-corrected chi connectivity index (χ0v) is 14.7. The van der Waals surface area contributed by atoms with Gasteiger partial charge in [0.25, 0.3) is 0 Å². The lowest BCUT2D eigenvalue weighted by Gasteiger charge is -2.34. The minimum Gasteiger partial charge on any atom is -0.549 e. The maximum absolute atomic E-state index is 5.95. The van der Waals surface area contributed by atoms with Gasteiger partial charge in [0, 0.05) is 0 Å². The molecule has 0 atom stereocenters. The van der Waals surface area contributed by atoms with Crippen LogP contribution in [0.2, 0.25) is 18.1 Å². The Hall–Kier alpha value is -0.0231. The average Bonchev–Trinajstić information content (AvgIpc) is 2.28. The monoisotopic (exact) mass is 300 g/mol. The van der Waals surface area contributed by atoms with Crippen LogP contribution in [0.15, 0.2) is 28.4 Å². The van der Waals surface area contributed by atoms with E-state index in [-0.39, 0.29) is 5.04 Å². The summed E-state index contributed by atoms with van der Waals surface area (Å²) in [5.41, 5.74) is 3.31. The second-order valence-corrected chi connectivity index (χ2v) is 13.1. The molecule has 0 radical (unpaired) electrons. The van der Waals surface area contributed by atoms with Crippen LogP contribution in [0.4, 0.5) is 0 Å². The number of rotatable bonds is 3. The predicted octanol–water partition coefficient (Wildman–Crippen LogP) is 5.39. The molecule has 0 unspecified atom stereocenters. The van der Waals surface area contributed by atoms with E-state index < -0.39 is 8.32 Å². The summed E-state index contributed by atoms with van der Waals surface area (Å²) in [4.78, 5) is 0. The topological polar surface area (TPSA) is 9.23 Å². The lowest BCUT2D eigenvalue weighted by molar-refractivity contribution is 0.430. The van der Waals surface area contributed by atoms with Gasteiger partial charge in [-0.05, 0) is 48.2 Å². The van der Waals surface area contributed by atoms with Gasteiger partial charge in [-0.2, -0.15) is 0 Å². The Kier molecular flexibility index (Phi) is 6.19. The fourth-order valence-corrected chi connectivity index (χ4v) is 4.09. The quantitative estimate of drug-likeness (QED) is 0.299. The van der Waals surface area contributed by atoms with Crippen molar-refractivity contribution in [1.29, 1.82) is 0 Å². The smallest absolute Gasteiger partial charge is 0.249 e. The van der Waals surface area contributed by atoms with Gasteiger partial charge in [0.2, 0.25) is 8.32 Å². The molecule has 1 nitrogen and oxygen atoms in total. The van der Waals surface area contributed by atoms with Crippen molar-refractivity contribution >= 4 is 31.8 Å². The Bertz CT molecular complexity index is 352. The Morgan fingerprint density at radius 1 is 1.22 bits per heavy atom. The van der Waals surface area contributed by atoms with Gasteiger partial charge in [0.1, 0.15) is 0 Å². The summed E-state index contributed by atoms with van der Waals surface area (Å²) < 4.78 is 7.25. The molecule has 0 saturated carbocycles. The molecule has 102 valence electrons. The van der Waals surface area contributed by atoms with Crippen LogP contribution in [0.3, 0.4) is 0 Å². The molecule has 0 N–H and O–H groups in total. The van der Waals surface area contributed by atoms with Gasteiger partial charge in [0.15, 0.2) is 0 Å². The van der Waals surface area contributed by atoms with E-state index in [1.807, 2.05) is 41.9 Å². The van der Waals surface area contributed by atoms with Crippen LogP contribution >= 0.6 is 23.5 Å². The fourth-order valence-electron chi connectivity index (χ4n) is 1.06. The average molecular weight is 301 g/mol. The molecule has 0 aromatic rings. The van der Waals surface area contributed by atoms with Crippen molar-refractivity contribution in [3.05, 3.63) is 28.4 Å². The van der Waals surface area contributed by atoms with E-state index in [0.717, 1.165) is 0 Å². The third-order valence-electron chi connectivity index (χ3n) is 3.30. The van der Waals surface area contributed by atoms with Crippen LogP contribution in [-0.2, 0) is 4.43 Å². The van der Waals surface area contributed by atoms with Gasteiger partial charge in [-0.1, -0.05) is 26.5 Å². The highest BCUT2D eigenvalue weighted by Crippen LogP contribution is 2.36. The zero-order chi connectivity index (χ0) is 13.6. The molecule has 1 heterocycles. The van der Waals surface area contributed by atoms with Crippen LogP contribution in [-0.4, -0.2) is 19.8 Å². The summed E-state index contributed by atoms with van der Waals surface area (Å²) in [6, 6.07) is 0. The van der Waals surface area contributed by atoms with E-state index >= 15 is 0 Å². The summed E-state index contributed by atoms with van der Waals surface area (Å²) in [7, 11) is -1.65. The zero-order valence-electron chi connectivity index (χ0n) is 12.1. The highest BCUT2D eigenvalue weighted by atomic mass is 32.2. The summed E-state index contributed by atoms with van der Waals surface area (Å²) in [6.07, 6.45) is 7.07. The van der Waals surface area contributed by atoms with E-state index in [2.05, 4.69) is 39.6 Å². The van der Waals surface area contributed by atoms with Gasteiger partial charge in [-0.3, -0.25) is 0 Å². The molecule has 1 fully saturated rings. The Morgan fingerprint density at radius 2 is 1.83 bits per heavy atom. The Morgan fingerprint density at radius 3 is 2.39 bits per heavy atom. The van der Waals surface area contributed by atoms with Crippen LogP contribution in [0.5, 0.6) is 0 Å². The van der Waals surface area contributed by atoms with Crippen molar-refractivity contribution in [3.63, 3.8) is 0 Å². The van der Waals surface area contributed by atoms with Gasteiger partial charge < -0.3 is 4.43 Å². The normalized spacial score (nSPS) is 17.7. The van der Waals surface area contributed by atoms with Crippen molar-refractivity contribution in [1.82, 2.24) is 0 Å². The summed E-state index contributed by atoms with van der Waals surface area (Å²) in [6.45, 7) is 11.3. The standard InChI is InChI=1S/C14H24OS2Si/c1-14(2,3)18(4,5)15-10-7-6-9-13-16-11-8-12-17-13/h6-7,10H,8,11-12H2,1-5H3/b10-7-. The molecule has 0 amide bonds. The molecule has 0 aromatic carbocycles. The Balaban J connectivity index is 2.48. The number of allylic oxidation sites excluding steroid dienone is 2. The predicted molar refractivity (Wildman–Crippen MR) is 88.6 cm³/mol. The maximum Gasteiger partial charge on any atom is 0.249 e. The molecular formula is C14H24OS2Si. The van der Waals surface area contributed by atoms with E-state index in [1.165, 1.54) is 22.2 Å². The van der Waals surface area contributed by atoms with Gasteiger partial charge in [0.05, 0.1) is 10.5 Å². The third-order valence-corrected chi connectivity index (χ3v) is 10.1. The van der Waals surface area contributed by atoms with Gasteiger partial charge >= 0.3 is 0 Å². The van der Waals surface area contributed by atoms with Crippen LogP contribution < -0.4 is 0 Å². The van der Waals surface area contributed by atoms with E-state index in [0.29, 0.717) is 0 Å². The lowest BCUT2D eigenvalue weighted by atomic mass is 10.2. The molecule has 1 saturated heterocycles. The largest absolute Gasteiger partial charge is 0.549 e. The summed E-state index contributed by atoms with van der Waals surface area (Å²) >= 11 is 3.80. The first-order valence-corrected chi connectivity index (χ1v) is 11.3. The lowest BCUT2D eigenvalue weighted by Crippen LogP contribution is -2.39. The van der Waals surface area contributed by atoms with Crippen molar-refractivity contribution in [3.8, 4) is 0 Å². The molecule has 1 aliphatic rings. The van der Waals surface area contributed by atoms with Crippen molar-refractivity contribution in [2.75, 3.05) is 11.5 Å². The SMILES string of the molecule is CC(C)(C)[Si](C)(C)O/C=C\C=C=C1SCCCS1. The maximum atomic E-state index is 5.95. The molecule has 1 rings (SSSR count). The molecular weight excluding hydrogens is 276 g/mol. The van der Waals surface area contributed by atoms with Crippen molar-refractivity contribution < 1.29 is 4.43 Å². The van der Waals surface area contributed by atoms with Crippen LogP contribution in [0.1, 0.15) is 27.2 Å². The van der Waals surface area contributed by atoms with Gasteiger partial charge in [-0.15, -0.1) is 23.5 Å². The van der Waals surface area contributed by atoms with Crippen LogP contribution in [0, 0.1) is 0 Å². The van der Waals surface area contributed by atoms with Crippen LogP contribution in [0.25, 0.3) is 0 Å². The highest BCUT2D eigenvalue weighted by Gasteiger charge is 2.37. The van der Waals surface area contributed by atoms with Crippen molar-refractivity contribution in [2.24, 2.45) is 0 Å². The summed E-state index contributed by atoms with van der Waals surface area (Å²) in [5.74, 6) is 2.46. The molecule has 4 heteroatoms. The molecule has 1 aliphatic heterocycles. The van der Waals surface area contributed by atoms with E-state index in [9.17, 15) is 0 Å². The minimum atomic E-state index is -1.65. The molecule has 18 heavy (non-hydrogen) atoms. The van der Waals surface area contributed by atoms with Gasteiger partial charge in [-0.25, -0.2) is 0 Å². The molecule has 0 aliphatic carbocycles. The van der Waals surface area contributed by atoms with Crippen molar-refractivity contribution in [2.45, 2.75) is 45.3 Å². The van der Waals surface area contributed by atoms with E-state index in [4.69, 9.17) is 4.43 Å². The number of hydrogen-bond donors (Lipinski definition) is 0. The molecule has 0 aromatic heterocycles. The highest BCUT2D eigenvalue weighted by molar-refractivity contribution is 8.22. The van der Waals surface area contributed by atoms with E-state index in [1.54, 1.807) is 0 Å². The molecule has 0 spiro atoms. The number of thioether (sulfide) groups is 2. The first kappa shape index (κ1) is 16.0. The molecule has 0 bridgehead atoms. The fraction of sp³-hybridized carbons (Fsp3) is 0.643. The minimum absolute atomic E-state index is 0.259. The third kappa shape index (κ3) is 5.31. The number of hydrogen-bond acceptors (Lipinski definition) is 3. The summed E-state index contributed by atoms with van der Waals surface area (Å²) in [5, 5.41) is 0.259.